The van der Waals surface area contributed by atoms with Crippen molar-refractivity contribution < 1.29 is 4.42 Å². The fourth-order valence-electron chi connectivity index (χ4n) is 1.12. The van der Waals surface area contributed by atoms with Crippen molar-refractivity contribution in [1.29, 1.82) is 0 Å². The number of anilines is 1. The van der Waals surface area contributed by atoms with Crippen LogP contribution in [0.15, 0.2) is 33.1 Å². The standard InChI is InChI=1S/C11H15N5OS/c1-8(2)7-18-11-13-10(15-16-11)14-12-6-9-4-3-5-17-9/h3-6,8H,7H2,1-2H3,(H2,13,14,15,16)/b12-6-. The van der Waals surface area contributed by atoms with Crippen LogP contribution in [-0.4, -0.2) is 27.1 Å². The fraction of sp³-hybridized carbons (Fsp3) is 0.364. The van der Waals surface area contributed by atoms with E-state index in [1.807, 2.05) is 6.07 Å². The van der Waals surface area contributed by atoms with E-state index >= 15 is 0 Å². The van der Waals surface area contributed by atoms with Gasteiger partial charge in [0.1, 0.15) is 5.76 Å². The summed E-state index contributed by atoms with van der Waals surface area (Å²) in [5, 5.41) is 11.5. The Morgan fingerprint density at radius 3 is 3.22 bits per heavy atom. The monoisotopic (exact) mass is 265 g/mol. The molecule has 2 N–H and O–H groups in total. The molecule has 6 nitrogen and oxygen atoms in total. The van der Waals surface area contributed by atoms with Gasteiger partial charge in [-0.15, -0.1) is 5.10 Å². The number of H-pyrrole nitrogens is 1. The molecular formula is C11H15N5OS. The van der Waals surface area contributed by atoms with Gasteiger partial charge in [-0.3, -0.25) is 0 Å². The molecular weight excluding hydrogens is 250 g/mol. The number of nitrogens with one attached hydrogen (secondary N) is 2. The average Bonchev–Trinajstić information content (AvgIpc) is 2.97. The molecule has 7 heteroatoms. The number of nitrogens with zero attached hydrogens (tertiary/aromatic N) is 3. The zero-order valence-corrected chi connectivity index (χ0v) is 11.1. The molecule has 2 rings (SSSR count). The molecule has 0 aliphatic heterocycles. The average molecular weight is 265 g/mol. The summed E-state index contributed by atoms with van der Waals surface area (Å²) >= 11 is 1.62. The van der Waals surface area contributed by atoms with Crippen molar-refractivity contribution in [3.63, 3.8) is 0 Å². The highest BCUT2D eigenvalue weighted by molar-refractivity contribution is 7.99. The van der Waals surface area contributed by atoms with Gasteiger partial charge in [-0.2, -0.15) is 10.1 Å². The lowest BCUT2D eigenvalue weighted by atomic mass is 10.3. The van der Waals surface area contributed by atoms with Gasteiger partial charge in [0.05, 0.1) is 12.5 Å². The van der Waals surface area contributed by atoms with E-state index < -0.39 is 0 Å². The molecule has 0 aromatic carbocycles. The Morgan fingerprint density at radius 1 is 1.61 bits per heavy atom. The Labute approximate surface area is 109 Å². The Hall–Kier alpha value is -1.76. The molecule has 0 bridgehead atoms. The van der Waals surface area contributed by atoms with Crippen LogP contribution in [0.2, 0.25) is 0 Å². The molecule has 0 fully saturated rings. The normalized spacial score (nSPS) is 11.5. The second-order valence-corrected chi connectivity index (χ2v) is 5.04. The first-order chi connectivity index (χ1) is 8.74. The Balaban J connectivity index is 1.83. The third-order valence-electron chi connectivity index (χ3n) is 1.92. The van der Waals surface area contributed by atoms with Crippen molar-refractivity contribution in [2.75, 3.05) is 11.2 Å². The topological polar surface area (TPSA) is 79.1 Å². The lowest BCUT2D eigenvalue weighted by molar-refractivity contribution is 0.560. The van der Waals surface area contributed by atoms with E-state index in [9.17, 15) is 0 Å². The second kappa shape index (κ2) is 6.25. The van der Waals surface area contributed by atoms with Crippen LogP contribution in [0.25, 0.3) is 0 Å². The molecule has 96 valence electrons. The SMILES string of the molecule is CC(C)CSc1n[nH]c(N/N=C\c2ccco2)n1. The zero-order valence-electron chi connectivity index (χ0n) is 10.3. The maximum Gasteiger partial charge on any atom is 0.240 e. The molecule has 2 aromatic heterocycles. The summed E-state index contributed by atoms with van der Waals surface area (Å²) in [6.45, 7) is 4.32. The van der Waals surface area contributed by atoms with E-state index in [0.717, 1.165) is 10.9 Å². The smallest absolute Gasteiger partial charge is 0.240 e. The summed E-state index contributed by atoms with van der Waals surface area (Å²) in [5.41, 5.74) is 2.76. The molecule has 0 unspecified atom stereocenters. The van der Waals surface area contributed by atoms with Crippen LogP contribution >= 0.6 is 11.8 Å². The van der Waals surface area contributed by atoms with E-state index in [0.29, 0.717) is 17.6 Å². The lowest BCUT2D eigenvalue weighted by Crippen LogP contribution is -1.92. The van der Waals surface area contributed by atoms with Gasteiger partial charge in [-0.1, -0.05) is 25.6 Å². The first kappa shape index (κ1) is 12.7. The van der Waals surface area contributed by atoms with Crippen molar-refractivity contribution in [3.8, 4) is 0 Å². The van der Waals surface area contributed by atoms with Gasteiger partial charge < -0.3 is 4.42 Å². The van der Waals surface area contributed by atoms with Gasteiger partial charge in [0, 0.05) is 5.75 Å². The van der Waals surface area contributed by atoms with Gasteiger partial charge in [0.2, 0.25) is 11.1 Å². The number of rotatable bonds is 6. The van der Waals surface area contributed by atoms with Crippen molar-refractivity contribution in [2.45, 2.75) is 19.0 Å². The fourth-order valence-corrected chi connectivity index (χ4v) is 1.87. The summed E-state index contributed by atoms with van der Waals surface area (Å²) in [7, 11) is 0. The number of aromatic nitrogens is 3. The predicted octanol–water partition coefficient (Wildman–Crippen LogP) is 2.59. The van der Waals surface area contributed by atoms with Crippen molar-refractivity contribution >= 4 is 23.9 Å². The van der Waals surface area contributed by atoms with Crippen molar-refractivity contribution in [2.24, 2.45) is 11.0 Å². The zero-order chi connectivity index (χ0) is 12.8. The van der Waals surface area contributed by atoms with E-state index in [2.05, 4.69) is 39.6 Å². The number of hydrazone groups is 1. The van der Waals surface area contributed by atoms with Crippen LogP contribution in [0.1, 0.15) is 19.6 Å². The molecule has 0 spiro atoms. The number of furan rings is 1. The van der Waals surface area contributed by atoms with Crippen LogP contribution in [0.3, 0.4) is 0 Å². The molecule has 0 saturated heterocycles. The highest BCUT2D eigenvalue weighted by Crippen LogP contribution is 2.16. The highest BCUT2D eigenvalue weighted by atomic mass is 32.2. The number of hydrogen-bond acceptors (Lipinski definition) is 6. The lowest BCUT2D eigenvalue weighted by Gasteiger charge is -1.98. The van der Waals surface area contributed by atoms with Crippen LogP contribution in [0.4, 0.5) is 5.95 Å². The minimum absolute atomic E-state index is 0.518. The number of thioether (sulfide) groups is 1. The van der Waals surface area contributed by atoms with E-state index in [-0.39, 0.29) is 0 Å². The van der Waals surface area contributed by atoms with E-state index in [1.165, 1.54) is 0 Å². The van der Waals surface area contributed by atoms with Gasteiger partial charge in [0.25, 0.3) is 0 Å². The largest absolute Gasteiger partial charge is 0.463 e. The molecule has 0 aliphatic rings. The molecule has 18 heavy (non-hydrogen) atoms. The second-order valence-electron chi connectivity index (χ2n) is 4.06. The first-order valence-electron chi connectivity index (χ1n) is 5.62. The quantitative estimate of drug-likeness (QED) is 0.477. The molecule has 0 amide bonds. The summed E-state index contributed by atoms with van der Waals surface area (Å²) in [6, 6.07) is 3.62. The molecule has 0 saturated carbocycles. The predicted molar refractivity (Wildman–Crippen MR) is 71.9 cm³/mol. The molecule has 0 atom stereocenters. The van der Waals surface area contributed by atoms with Crippen molar-refractivity contribution in [3.05, 3.63) is 24.2 Å². The summed E-state index contributed by atoms with van der Waals surface area (Å²) in [4.78, 5) is 4.24. The maximum atomic E-state index is 5.10. The number of aromatic amines is 1. The van der Waals surface area contributed by atoms with Crippen LogP contribution in [0.5, 0.6) is 0 Å². The first-order valence-corrected chi connectivity index (χ1v) is 6.60. The number of hydrogen-bond donors (Lipinski definition) is 2. The summed E-state index contributed by atoms with van der Waals surface area (Å²) < 4.78 is 5.10. The van der Waals surface area contributed by atoms with Gasteiger partial charge in [-0.05, 0) is 18.1 Å². The Morgan fingerprint density at radius 2 is 2.50 bits per heavy atom. The minimum atomic E-state index is 0.518. The molecule has 2 aromatic rings. The van der Waals surface area contributed by atoms with Crippen LogP contribution < -0.4 is 5.43 Å². The van der Waals surface area contributed by atoms with Crippen LogP contribution in [0, 0.1) is 5.92 Å². The highest BCUT2D eigenvalue weighted by Gasteiger charge is 2.03. The van der Waals surface area contributed by atoms with E-state index in [4.69, 9.17) is 4.42 Å². The Kier molecular flexibility index (Phi) is 4.40. The van der Waals surface area contributed by atoms with Gasteiger partial charge in [0.15, 0.2) is 0 Å². The third kappa shape index (κ3) is 3.92. The minimum Gasteiger partial charge on any atom is -0.463 e. The molecule has 0 radical (unpaired) electrons. The van der Waals surface area contributed by atoms with Crippen LogP contribution in [-0.2, 0) is 0 Å². The summed E-state index contributed by atoms with van der Waals surface area (Å²) in [5.74, 6) is 2.80. The summed E-state index contributed by atoms with van der Waals surface area (Å²) in [6.07, 6.45) is 3.17. The van der Waals surface area contributed by atoms with Gasteiger partial charge in [-0.25, -0.2) is 10.5 Å². The van der Waals surface area contributed by atoms with E-state index in [1.54, 1.807) is 30.3 Å². The third-order valence-corrected chi connectivity index (χ3v) is 3.19. The van der Waals surface area contributed by atoms with Crippen molar-refractivity contribution in [1.82, 2.24) is 15.2 Å². The molecule has 0 aliphatic carbocycles. The van der Waals surface area contributed by atoms with Gasteiger partial charge >= 0.3 is 0 Å². The maximum absolute atomic E-state index is 5.10. The Bertz CT molecular complexity index is 491. The molecule has 2 heterocycles.